The fraction of sp³-hybridized carbons (Fsp3) is 0.417. The monoisotopic (exact) mass is 257 g/mol. The van der Waals surface area contributed by atoms with Crippen molar-refractivity contribution in [2.45, 2.75) is 19.1 Å². The van der Waals surface area contributed by atoms with Gasteiger partial charge in [0.15, 0.2) is 5.96 Å². The molecule has 0 unspecified atom stereocenters. The Hall–Kier alpha value is -1.72. The Balaban J connectivity index is 2.07. The molecule has 1 aliphatic heterocycles. The largest absolute Gasteiger partial charge is 0.416 e. The van der Waals surface area contributed by atoms with Gasteiger partial charge >= 0.3 is 6.18 Å². The lowest BCUT2D eigenvalue weighted by Crippen LogP contribution is -2.40. The van der Waals surface area contributed by atoms with Crippen LogP contribution in [0.15, 0.2) is 29.3 Å². The van der Waals surface area contributed by atoms with Gasteiger partial charge in [0.25, 0.3) is 0 Å². The summed E-state index contributed by atoms with van der Waals surface area (Å²) < 4.78 is 38.2. The molecule has 0 bridgehead atoms. The first-order chi connectivity index (χ1) is 8.57. The van der Waals surface area contributed by atoms with E-state index in [0.717, 1.165) is 19.0 Å². The molecule has 0 fully saturated rings. The topological polar surface area (TPSA) is 36.4 Å². The second-order valence-electron chi connectivity index (χ2n) is 4.02. The number of hydrogen-bond donors (Lipinski definition) is 2. The molecule has 0 amide bonds. The zero-order chi connectivity index (χ0) is 13.0. The number of halogens is 3. The number of nitrogens with zero attached hydrogens (tertiary/aromatic N) is 1. The van der Waals surface area contributed by atoms with Crippen molar-refractivity contribution in [1.29, 1.82) is 0 Å². The van der Waals surface area contributed by atoms with Crippen LogP contribution in [-0.2, 0) is 12.7 Å². The van der Waals surface area contributed by atoms with Crippen molar-refractivity contribution in [2.75, 3.05) is 13.1 Å². The number of alkyl halides is 3. The van der Waals surface area contributed by atoms with Crippen LogP contribution in [0.2, 0.25) is 0 Å². The van der Waals surface area contributed by atoms with Gasteiger partial charge in [0.2, 0.25) is 0 Å². The molecule has 0 atom stereocenters. The Morgan fingerprint density at radius 3 is 2.72 bits per heavy atom. The van der Waals surface area contributed by atoms with E-state index in [9.17, 15) is 13.2 Å². The molecule has 0 aliphatic carbocycles. The van der Waals surface area contributed by atoms with Crippen molar-refractivity contribution in [2.24, 2.45) is 4.99 Å². The summed E-state index contributed by atoms with van der Waals surface area (Å²) in [6.07, 6.45) is -3.37. The van der Waals surface area contributed by atoms with Crippen LogP contribution in [-0.4, -0.2) is 19.0 Å². The molecule has 0 radical (unpaired) electrons. The van der Waals surface area contributed by atoms with Crippen molar-refractivity contribution >= 4 is 5.96 Å². The second-order valence-corrected chi connectivity index (χ2v) is 4.02. The third-order valence-corrected chi connectivity index (χ3v) is 2.67. The zero-order valence-electron chi connectivity index (χ0n) is 9.72. The van der Waals surface area contributed by atoms with E-state index in [0.29, 0.717) is 12.5 Å². The van der Waals surface area contributed by atoms with Crippen LogP contribution >= 0.6 is 0 Å². The van der Waals surface area contributed by atoms with Gasteiger partial charge in [0.1, 0.15) is 0 Å². The molecule has 2 rings (SSSR count). The maximum Gasteiger partial charge on any atom is 0.416 e. The number of rotatable bonds is 2. The molecular formula is C12H14F3N3. The van der Waals surface area contributed by atoms with Gasteiger partial charge in [-0.15, -0.1) is 0 Å². The average molecular weight is 257 g/mol. The summed E-state index contributed by atoms with van der Waals surface area (Å²) >= 11 is 0. The van der Waals surface area contributed by atoms with Gasteiger partial charge in [-0.2, -0.15) is 13.2 Å². The quantitative estimate of drug-likeness (QED) is 0.851. The van der Waals surface area contributed by atoms with E-state index in [-0.39, 0.29) is 12.1 Å². The van der Waals surface area contributed by atoms with Gasteiger partial charge < -0.3 is 10.6 Å². The number of aliphatic imine (C=N–C) groups is 1. The van der Waals surface area contributed by atoms with Crippen LogP contribution in [0.5, 0.6) is 0 Å². The second kappa shape index (κ2) is 5.29. The van der Waals surface area contributed by atoms with E-state index in [1.165, 1.54) is 12.1 Å². The van der Waals surface area contributed by atoms with E-state index in [4.69, 9.17) is 0 Å². The Labute approximate surface area is 103 Å². The minimum atomic E-state index is -4.32. The highest BCUT2D eigenvalue weighted by atomic mass is 19.4. The summed E-state index contributed by atoms with van der Waals surface area (Å²) in [7, 11) is 0. The molecule has 1 aromatic carbocycles. The third-order valence-electron chi connectivity index (χ3n) is 2.67. The summed E-state index contributed by atoms with van der Waals surface area (Å²) in [5.74, 6) is 0.568. The Bertz CT molecular complexity index is 440. The van der Waals surface area contributed by atoms with Crippen molar-refractivity contribution in [1.82, 2.24) is 10.6 Å². The first-order valence-electron chi connectivity index (χ1n) is 5.74. The van der Waals surface area contributed by atoms with Crippen LogP contribution < -0.4 is 10.6 Å². The van der Waals surface area contributed by atoms with Crippen molar-refractivity contribution in [3.63, 3.8) is 0 Å². The maximum absolute atomic E-state index is 12.7. The van der Waals surface area contributed by atoms with Crippen LogP contribution in [0.25, 0.3) is 0 Å². The first-order valence-corrected chi connectivity index (χ1v) is 5.74. The maximum atomic E-state index is 12.7. The lowest BCUT2D eigenvalue weighted by Gasteiger charge is -2.18. The van der Waals surface area contributed by atoms with Crippen LogP contribution in [0.3, 0.4) is 0 Å². The van der Waals surface area contributed by atoms with E-state index >= 15 is 0 Å². The first kappa shape index (κ1) is 12.7. The molecule has 1 aliphatic rings. The van der Waals surface area contributed by atoms with Gasteiger partial charge in [-0.3, -0.25) is 4.99 Å². The van der Waals surface area contributed by atoms with Gasteiger partial charge in [0.05, 0.1) is 5.56 Å². The molecule has 0 aromatic heterocycles. The molecule has 98 valence electrons. The summed E-state index contributed by atoms with van der Waals surface area (Å²) in [6.45, 7) is 1.62. The highest BCUT2D eigenvalue weighted by Gasteiger charge is 2.32. The Morgan fingerprint density at radius 2 is 2.06 bits per heavy atom. The smallest absolute Gasteiger partial charge is 0.356 e. The van der Waals surface area contributed by atoms with Crippen LogP contribution in [0, 0.1) is 0 Å². The molecule has 6 heteroatoms. The van der Waals surface area contributed by atoms with Gasteiger partial charge in [-0.1, -0.05) is 18.2 Å². The standard InChI is InChI=1S/C12H14F3N3/c13-12(14,15)10-5-2-1-4-9(10)8-18-11-16-6-3-7-17-11/h1-2,4-5H,3,6-8H2,(H2,16,17,18). The van der Waals surface area contributed by atoms with Crippen molar-refractivity contribution < 1.29 is 13.2 Å². The van der Waals surface area contributed by atoms with Gasteiger partial charge in [-0.05, 0) is 18.1 Å². The van der Waals surface area contributed by atoms with E-state index in [1.54, 1.807) is 6.07 Å². The molecular weight excluding hydrogens is 243 g/mol. The summed E-state index contributed by atoms with van der Waals surface area (Å²) in [4.78, 5) is 4.15. The normalized spacial score (nSPS) is 15.8. The fourth-order valence-corrected chi connectivity index (χ4v) is 1.78. The number of hydrogen-bond acceptors (Lipinski definition) is 3. The van der Waals surface area contributed by atoms with E-state index in [2.05, 4.69) is 15.6 Å². The van der Waals surface area contributed by atoms with Gasteiger partial charge in [-0.25, -0.2) is 0 Å². The van der Waals surface area contributed by atoms with E-state index < -0.39 is 11.7 Å². The summed E-state index contributed by atoms with van der Waals surface area (Å²) in [5, 5.41) is 5.89. The highest BCUT2D eigenvalue weighted by molar-refractivity contribution is 5.80. The predicted molar refractivity (Wildman–Crippen MR) is 63.2 cm³/mol. The van der Waals surface area contributed by atoms with E-state index in [1.807, 2.05) is 0 Å². The Morgan fingerprint density at radius 1 is 1.28 bits per heavy atom. The average Bonchev–Trinajstić information content (AvgIpc) is 2.37. The number of guanidine groups is 1. The predicted octanol–water partition coefficient (Wildman–Crippen LogP) is 2.14. The lowest BCUT2D eigenvalue weighted by molar-refractivity contribution is -0.138. The number of benzene rings is 1. The molecule has 0 saturated heterocycles. The Kier molecular flexibility index (Phi) is 3.74. The van der Waals surface area contributed by atoms with Gasteiger partial charge in [0, 0.05) is 19.6 Å². The van der Waals surface area contributed by atoms with Crippen molar-refractivity contribution in [3.8, 4) is 0 Å². The molecule has 2 N–H and O–H groups in total. The third kappa shape index (κ3) is 3.15. The molecule has 0 spiro atoms. The van der Waals surface area contributed by atoms with Crippen LogP contribution in [0.1, 0.15) is 17.5 Å². The lowest BCUT2D eigenvalue weighted by atomic mass is 10.1. The van der Waals surface area contributed by atoms with Crippen molar-refractivity contribution in [3.05, 3.63) is 35.4 Å². The summed E-state index contributed by atoms with van der Waals surface area (Å²) in [6, 6.07) is 5.55. The fourth-order valence-electron chi connectivity index (χ4n) is 1.78. The molecule has 3 nitrogen and oxygen atoms in total. The minimum absolute atomic E-state index is 0.113. The minimum Gasteiger partial charge on any atom is -0.356 e. The van der Waals surface area contributed by atoms with Crippen LogP contribution in [0.4, 0.5) is 13.2 Å². The molecule has 1 heterocycles. The molecule has 18 heavy (non-hydrogen) atoms. The number of nitrogens with one attached hydrogen (secondary N) is 2. The molecule has 0 saturated carbocycles. The summed E-state index contributed by atoms with van der Waals surface area (Å²) in [5.41, 5.74) is -0.381. The molecule has 1 aromatic rings. The highest BCUT2D eigenvalue weighted by Crippen LogP contribution is 2.31. The zero-order valence-corrected chi connectivity index (χ0v) is 9.72. The SMILES string of the molecule is FC(F)(F)c1ccccc1CNC1=NCCCN1.